The van der Waals surface area contributed by atoms with Crippen LogP contribution < -0.4 is 14.4 Å². The van der Waals surface area contributed by atoms with E-state index in [1.165, 1.54) is 17.0 Å². The van der Waals surface area contributed by atoms with Gasteiger partial charge in [0, 0.05) is 13.1 Å². The van der Waals surface area contributed by atoms with Gasteiger partial charge in [0.25, 0.3) is 10.0 Å². The van der Waals surface area contributed by atoms with E-state index < -0.39 is 28.5 Å². The minimum atomic E-state index is -4.08. The lowest BCUT2D eigenvalue weighted by atomic mass is 10.1. The predicted molar refractivity (Wildman–Crippen MR) is 153 cm³/mol. The van der Waals surface area contributed by atoms with Crippen molar-refractivity contribution >= 4 is 27.5 Å². The van der Waals surface area contributed by atoms with Gasteiger partial charge in [-0.3, -0.25) is 13.9 Å². The van der Waals surface area contributed by atoms with Crippen LogP contribution in [0.25, 0.3) is 0 Å². The van der Waals surface area contributed by atoms with Crippen molar-refractivity contribution in [3.8, 4) is 5.75 Å². The Bertz CT molecular complexity index is 1340. The van der Waals surface area contributed by atoms with Crippen LogP contribution in [-0.4, -0.2) is 51.4 Å². The number of hydrogen-bond acceptors (Lipinski definition) is 5. The highest BCUT2D eigenvalue weighted by Crippen LogP contribution is 2.25. The van der Waals surface area contributed by atoms with Gasteiger partial charge in [-0.15, -0.1) is 0 Å². The van der Waals surface area contributed by atoms with E-state index in [9.17, 15) is 18.0 Å². The molecule has 2 amide bonds. The zero-order chi connectivity index (χ0) is 28.4. The molecule has 0 heterocycles. The second-order valence-electron chi connectivity index (χ2n) is 9.35. The average Bonchev–Trinajstić information content (AvgIpc) is 2.95. The number of ether oxygens (including phenoxy) is 1. The Morgan fingerprint density at radius 3 is 2.31 bits per heavy atom. The van der Waals surface area contributed by atoms with E-state index in [-0.39, 0.29) is 17.3 Å². The fourth-order valence-electron chi connectivity index (χ4n) is 4.05. The van der Waals surface area contributed by atoms with Crippen molar-refractivity contribution in [1.82, 2.24) is 10.2 Å². The molecule has 0 aliphatic carbocycles. The molecular weight excluding hydrogens is 514 g/mol. The van der Waals surface area contributed by atoms with Crippen LogP contribution in [0.4, 0.5) is 5.69 Å². The number of anilines is 1. The number of hydrogen-bond donors (Lipinski definition) is 1. The molecular formula is C30H37N3O5S. The summed E-state index contributed by atoms with van der Waals surface area (Å²) in [6.07, 6.45) is 1.74. The predicted octanol–water partition coefficient (Wildman–Crippen LogP) is 4.53. The van der Waals surface area contributed by atoms with Crippen molar-refractivity contribution in [2.45, 2.75) is 51.1 Å². The molecule has 0 aromatic heterocycles. The summed E-state index contributed by atoms with van der Waals surface area (Å²) >= 11 is 0. The van der Waals surface area contributed by atoms with E-state index in [1.54, 1.807) is 74.7 Å². The number of carbonyl (C=O) groups excluding carboxylic acids is 2. The van der Waals surface area contributed by atoms with Gasteiger partial charge in [0.15, 0.2) is 0 Å². The molecule has 0 spiro atoms. The molecule has 0 aliphatic rings. The maximum atomic E-state index is 13.9. The molecule has 8 nitrogen and oxygen atoms in total. The number of aryl methyl sites for hydroxylation is 1. The van der Waals surface area contributed by atoms with Gasteiger partial charge >= 0.3 is 0 Å². The highest BCUT2D eigenvalue weighted by Gasteiger charge is 2.32. The number of rotatable bonds is 13. The molecule has 0 saturated heterocycles. The minimum absolute atomic E-state index is 0.0782. The van der Waals surface area contributed by atoms with Crippen LogP contribution in [-0.2, 0) is 26.2 Å². The van der Waals surface area contributed by atoms with Gasteiger partial charge in [0.1, 0.15) is 18.3 Å². The molecule has 39 heavy (non-hydrogen) atoms. The van der Waals surface area contributed by atoms with Gasteiger partial charge in [0.2, 0.25) is 11.8 Å². The van der Waals surface area contributed by atoms with Crippen molar-refractivity contribution in [2.24, 2.45) is 0 Å². The standard InChI is InChI=1S/C30H37N3O5S/c1-5-6-19-31-30(35)24(3)32(21-25-11-10-14-27(20-25)38-4)29(34)22-33(26-12-8-7-9-13-26)39(36,37)28-17-15-23(2)16-18-28/h7-18,20,24H,5-6,19,21-22H2,1-4H3,(H,31,35)/t24-/m1/s1. The van der Waals surface area contributed by atoms with Crippen LogP contribution in [0.15, 0.2) is 83.8 Å². The molecule has 0 unspecified atom stereocenters. The summed E-state index contributed by atoms with van der Waals surface area (Å²) < 4.78 is 34.0. The second-order valence-corrected chi connectivity index (χ2v) is 11.2. The van der Waals surface area contributed by atoms with E-state index in [0.717, 1.165) is 28.3 Å². The number of nitrogens with one attached hydrogen (secondary N) is 1. The normalized spacial score (nSPS) is 11.9. The minimum Gasteiger partial charge on any atom is -0.497 e. The Morgan fingerprint density at radius 2 is 1.67 bits per heavy atom. The summed E-state index contributed by atoms with van der Waals surface area (Å²) in [4.78, 5) is 28.4. The molecule has 3 rings (SSSR count). The summed E-state index contributed by atoms with van der Waals surface area (Å²) in [5, 5.41) is 2.88. The summed E-state index contributed by atoms with van der Waals surface area (Å²) in [5.41, 5.74) is 2.03. The topological polar surface area (TPSA) is 96.0 Å². The lowest BCUT2D eigenvalue weighted by molar-refractivity contribution is -0.139. The number of benzene rings is 3. The fourth-order valence-corrected chi connectivity index (χ4v) is 5.46. The van der Waals surface area contributed by atoms with Gasteiger partial charge in [0.05, 0.1) is 17.7 Å². The van der Waals surface area contributed by atoms with E-state index in [2.05, 4.69) is 5.32 Å². The summed E-state index contributed by atoms with van der Waals surface area (Å²) in [5.74, 6) is -0.185. The summed E-state index contributed by atoms with van der Waals surface area (Å²) in [7, 11) is -2.53. The monoisotopic (exact) mass is 551 g/mol. The third kappa shape index (κ3) is 7.83. The van der Waals surface area contributed by atoms with Crippen LogP contribution in [0.3, 0.4) is 0 Å². The third-order valence-electron chi connectivity index (χ3n) is 6.42. The molecule has 0 fully saturated rings. The van der Waals surface area contributed by atoms with Gasteiger partial charge in [-0.25, -0.2) is 8.42 Å². The Balaban J connectivity index is 1.98. The molecule has 0 saturated carbocycles. The summed E-state index contributed by atoms with van der Waals surface area (Å²) in [6.45, 7) is 5.68. The number of nitrogens with zero attached hydrogens (tertiary/aromatic N) is 2. The Labute approximate surface area is 231 Å². The number of carbonyl (C=O) groups is 2. The van der Waals surface area contributed by atoms with Crippen molar-refractivity contribution in [3.63, 3.8) is 0 Å². The van der Waals surface area contributed by atoms with Crippen LogP contribution in [0, 0.1) is 6.92 Å². The number of unbranched alkanes of at least 4 members (excludes halogenated alkanes) is 1. The van der Waals surface area contributed by atoms with Crippen LogP contribution >= 0.6 is 0 Å². The molecule has 208 valence electrons. The van der Waals surface area contributed by atoms with E-state index in [1.807, 2.05) is 19.9 Å². The van der Waals surface area contributed by atoms with E-state index in [0.29, 0.717) is 18.0 Å². The number of sulfonamides is 1. The summed E-state index contributed by atoms with van der Waals surface area (Å²) in [6, 6.07) is 21.4. The van der Waals surface area contributed by atoms with Gasteiger partial charge in [-0.2, -0.15) is 0 Å². The zero-order valence-electron chi connectivity index (χ0n) is 23.0. The zero-order valence-corrected chi connectivity index (χ0v) is 23.8. The van der Waals surface area contributed by atoms with Gasteiger partial charge in [-0.05, 0) is 62.2 Å². The first-order chi connectivity index (χ1) is 18.7. The van der Waals surface area contributed by atoms with E-state index in [4.69, 9.17) is 4.74 Å². The first-order valence-corrected chi connectivity index (χ1v) is 14.5. The second kappa shape index (κ2) is 13.8. The molecule has 0 aliphatic heterocycles. The molecule has 3 aromatic carbocycles. The van der Waals surface area contributed by atoms with Gasteiger partial charge in [-0.1, -0.05) is 61.4 Å². The molecule has 0 bridgehead atoms. The Kier molecular flexibility index (Phi) is 10.5. The third-order valence-corrected chi connectivity index (χ3v) is 8.20. The Morgan fingerprint density at radius 1 is 0.974 bits per heavy atom. The quantitative estimate of drug-likeness (QED) is 0.315. The van der Waals surface area contributed by atoms with Gasteiger partial charge < -0.3 is 15.0 Å². The SMILES string of the molecule is CCCCNC(=O)[C@@H](C)N(Cc1cccc(OC)c1)C(=O)CN(c1ccccc1)S(=O)(=O)c1ccc(C)cc1. The lowest BCUT2D eigenvalue weighted by Crippen LogP contribution is -2.51. The first kappa shape index (κ1) is 29.7. The van der Waals surface area contributed by atoms with Crippen molar-refractivity contribution in [2.75, 3.05) is 24.5 Å². The van der Waals surface area contributed by atoms with Crippen LogP contribution in [0.2, 0.25) is 0 Å². The highest BCUT2D eigenvalue weighted by molar-refractivity contribution is 7.92. The largest absolute Gasteiger partial charge is 0.497 e. The fraction of sp³-hybridized carbons (Fsp3) is 0.333. The molecule has 9 heteroatoms. The van der Waals surface area contributed by atoms with Crippen molar-refractivity contribution in [1.29, 1.82) is 0 Å². The highest BCUT2D eigenvalue weighted by atomic mass is 32.2. The number of amides is 2. The molecule has 3 aromatic rings. The van der Waals surface area contributed by atoms with Crippen LogP contribution in [0.5, 0.6) is 5.75 Å². The van der Waals surface area contributed by atoms with Crippen molar-refractivity contribution < 1.29 is 22.7 Å². The number of methoxy groups -OCH3 is 1. The van der Waals surface area contributed by atoms with E-state index >= 15 is 0 Å². The lowest BCUT2D eigenvalue weighted by Gasteiger charge is -2.32. The Hall–Kier alpha value is -3.85. The molecule has 1 N–H and O–H groups in total. The maximum Gasteiger partial charge on any atom is 0.264 e. The smallest absolute Gasteiger partial charge is 0.264 e. The molecule has 1 atom stereocenters. The molecule has 0 radical (unpaired) electrons. The first-order valence-electron chi connectivity index (χ1n) is 13.0. The number of para-hydroxylation sites is 1. The maximum absolute atomic E-state index is 13.9. The van der Waals surface area contributed by atoms with Crippen LogP contribution in [0.1, 0.15) is 37.8 Å². The van der Waals surface area contributed by atoms with Crippen molar-refractivity contribution in [3.05, 3.63) is 90.0 Å². The average molecular weight is 552 g/mol.